The van der Waals surface area contributed by atoms with E-state index < -0.39 is 0 Å². The van der Waals surface area contributed by atoms with Gasteiger partial charge in [0.15, 0.2) is 0 Å². The monoisotopic (exact) mass is 435 g/mol. The van der Waals surface area contributed by atoms with Gasteiger partial charge in [-0.05, 0) is 49.3 Å². The van der Waals surface area contributed by atoms with E-state index >= 15 is 0 Å². The summed E-state index contributed by atoms with van der Waals surface area (Å²) in [7, 11) is 0. The molecule has 31 heavy (non-hydrogen) atoms. The lowest BCUT2D eigenvalue weighted by molar-refractivity contribution is 0.0525. The Hall–Kier alpha value is -2.54. The lowest BCUT2D eigenvalue weighted by atomic mass is 9.75. The van der Waals surface area contributed by atoms with Crippen molar-refractivity contribution in [3.8, 4) is 0 Å². The summed E-state index contributed by atoms with van der Waals surface area (Å²) in [6.07, 6.45) is 10.7. The maximum Gasteiger partial charge on any atom is 0.264 e. The van der Waals surface area contributed by atoms with Crippen molar-refractivity contribution in [3.63, 3.8) is 0 Å². The van der Waals surface area contributed by atoms with E-state index in [1.54, 1.807) is 6.33 Å². The largest absolute Gasteiger partial charge is 0.369 e. The number of rotatable bonds is 5. The van der Waals surface area contributed by atoms with Gasteiger partial charge in [-0.15, -0.1) is 11.3 Å². The highest BCUT2D eigenvalue weighted by atomic mass is 32.1. The molecule has 1 saturated heterocycles. The summed E-state index contributed by atoms with van der Waals surface area (Å²) in [5.74, 6) is 2.48. The fraction of sp³-hybridized carbons (Fsp3) is 0.500. The highest BCUT2D eigenvalue weighted by Crippen LogP contribution is 2.38. The van der Waals surface area contributed by atoms with Crippen LogP contribution in [0.5, 0.6) is 0 Å². The van der Waals surface area contributed by atoms with Crippen LogP contribution >= 0.6 is 11.3 Å². The number of fused-ring (bicyclic) bond motifs is 2. The Morgan fingerprint density at radius 1 is 1.16 bits per heavy atom. The number of aryl methyl sites for hydroxylation is 1. The summed E-state index contributed by atoms with van der Waals surface area (Å²) in [5, 5.41) is 4.41. The van der Waals surface area contributed by atoms with Crippen molar-refractivity contribution in [2.24, 2.45) is 11.8 Å². The van der Waals surface area contributed by atoms with Crippen LogP contribution < -0.4 is 5.32 Å². The molecule has 2 atom stereocenters. The average Bonchev–Trinajstić information content (AvgIpc) is 3.16. The highest BCUT2D eigenvalue weighted by molar-refractivity contribution is 7.20. The molecule has 0 radical (unpaired) electrons. The first kappa shape index (κ1) is 20.4. The van der Waals surface area contributed by atoms with Crippen molar-refractivity contribution in [1.82, 2.24) is 19.9 Å². The van der Waals surface area contributed by atoms with E-state index in [9.17, 15) is 4.79 Å². The molecule has 3 aromatic rings. The molecular weight excluding hydrogens is 406 g/mol. The van der Waals surface area contributed by atoms with E-state index in [0.717, 1.165) is 70.6 Å². The smallest absolute Gasteiger partial charge is 0.264 e. The number of nitrogens with one attached hydrogen (secondary N) is 1. The molecule has 4 heterocycles. The molecule has 3 aromatic heterocycles. The van der Waals surface area contributed by atoms with Gasteiger partial charge in [-0.1, -0.05) is 25.3 Å². The van der Waals surface area contributed by atoms with E-state index in [4.69, 9.17) is 0 Å². The Morgan fingerprint density at radius 2 is 2.03 bits per heavy atom. The van der Waals surface area contributed by atoms with Gasteiger partial charge in [-0.25, -0.2) is 9.97 Å². The van der Waals surface area contributed by atoms with E-state index in [1.165, 1.54) is 37.0 Å². The summed E-state index contributed by atoms with van der Waals surface area (Å²) in [4.78, 5) is 30.5. The predicted octanol–water partition coefficient (Wildman–Crippen LogP) is 4.70. The predicted molar refractivity (Wildman–Crippen MR) is 125 cm³/mol. The van der Waals surface area contributed by atoms with Gasteiger partial charge in [-0.3, -0.25) is 9.78 Å². The number of aromatic nitrogens is 3. The second kappa shape index (κ2) is 8.91. The fourth-order valence-electron chi connectivity index (χ4n) is 5.19. The summed E-state index contributed by atoms with van der Waals surface area (Å²) in [5.41, 5.74) is 2.04. The van der Waals surface area contributed by atoms with Crippen molar-refractivity contribution in [1.29, 1.82) is 0 Å². The van der Waals surface area contributed by atoms with Crippen molar-refractivity contribution in [3.05, 3.63) is 46.9 Å². The molecule has 7 heteroatoms. The van der Waals surface area contributed by atoms with E-state index in [0.29, 0.717) is 5.92 Å². The van der Waals surface area contributed by atoms with Crippen LogP contribution in [0.25, 0.3) is 10.2 Å². The van der Waals surface area contributed by atoms with Gasteiger partial charge in [0.1, 0.15) is 17.0 Å². The molecule has 0 bridgehead atoms. The minimum atomic E-state index is 0.170. The molecule has 0 spiro atoms. The average molecular weight is 436 g/mol. The van der Waals surface area contributed by atoms with E-state index in [2.05, 4.69) is 25.2 Å². The summed E-state index contributed by atoms with van der Waals surface area (Å²) < 4.78 is 0. The van der Waals surface area contributed by atoms with Crippen molar-refractivity contribution in [2.45, 2.75) is 45.4 Å². The quantitative estimate of drug-likeness (QED) is 0.629. The topological polar surface area (TPSA) is 71.0 Å². The number of hydrogen-bond donors (Lipinski definition) is 1. The molecule has 1 aliphatic carbocycles. The molecule has 0 unspecified atom stereocenters. The molecule has 2 fully saturated rings. The molecule has 2 aliphatic rings. The molecule has 0 aromatic carbocycles. The van der Waals surface area contributed by atoms with Crippen LogP contribution in [-0.4, -0.2) is 45.4 Å². The Balaban J connectivity index is 1.33. The van der Waals surface area contributed by atoms with Gasteiger partial charge in [0.05, 0.1) is 10.3 Å². The number of likely N-dealkylation sites (tertiary alicyclic amines) is 1. The molecule has 1 aliphatic heterocycles. The third kappa shape index (κ3) is 4.15. The Kier molecular flexibility index (Phi) is 5.85. The second-order valence-electron chi connectivity index (χ2n) is 8.80. The normalized spacial score (nSPS) is 21.1. The van der Waals surface area contributed by atoms with Crippen molar-refractivity contribution in [2.75, 3.05) is 25.0 Å². The van der Waals surface area contributed by atoms with Crippen LogP contribution in [0.2, 0.25) is 0 Å². The van der Waals surface area contributed by atoms with Crippen molar-refractivity contribution < 1.29 is 4.79 Å². The van der Waals surface area contributed by atoms with Gasteiger partial charge in [-0.2, -0.15) is 0 Å². The van der Waals surface area contributed by atoms with Crippen LogP contribution in [0.1, 0.15) is 53.0 Å². The lowest BCUT2D eigenvalue weighted by Gasteiger charge is -2.41. The van der Waals surface area contributed by atoms with Gasteiger partial charge < -0.3 is 10.2 Å². The number of nitrogens with zero attached hydrogens (tertiary/aromatic N) is 4. The number of anilines is 1. The van der Waals surface area contributed by atoms with E-state index in [-0.39, 0.29) is 5.91 Å². The number of piperidine rings is 1. The Labute approximate surface area is 187 Å². The zero-order valence-electron chi connectivity index (χ0n) is 18.0. The number of pyridine rings is 1. The van der Waals surface area contributed by atoms with Crippen molar-refractivity contribution >= 4 is 33.3 Å². The molecule has 1 amide bonds. The van der Waals surface area contributed by atoms with Gasteiger partial charge >= 0.3 is 0 Å². The Morgan fingerprint density at radius 3 is 2.87 bits per heavy atom. The number of carbonyl (C=O) groups is 1. The van der Waals surface area contributed by atoms with Crippen LogP contribution in [0.4, 0.5) is 5.82 Å². The SMILES string of the molecule is Cc1c(C(=O)N2CC[C@@H]3CCCC[C@H]3C2)sc2ncnc(NCCc3ccccn3)c12. The number of thiophene rings is 1. The van der Waals surface area contributed by atoms with E-state index in [1.807, 2.05) is 31.3 Å². The van der Waals surface area contributed by atoms with Gasteiger partial charge in [0, 0.05) is 37.9 Å². The van der Waals surface area contributed by atoms with Crippen LogP contribution in [-0.2, 0) is 6.42 Å². The lowest BCUT2D eigenvalue weighted by Crippen LogP contribution is -2.44. The fourth-order valence-corrected chi connectivity index (χ4v) is 6.31. The molecule has 1 N–H and O–H groups in total. The number of hydrogen-bond acceptors (Lipinski definition) is 6. The first-order valence-corrected chi connectivity index (χ1v) is 12.2. The van der Waals surface area contributed by atoms with Crippen LogP contribution in [0, 0.1) is 18.8 Å². The zero-order chi connectivity index (χ0) is 21.2. The first-order valence-electron chi connectivity index (χ1n) is 11.4. The summed E-state index contributed by atoms with van der Waals surface area (Å²) >= 11 is 1.50. The molecule has 162 valence electrons. The summed E-state index contributed by atoms with van der Waals surface area (Å²) in [6, 6.07) is 5.95. The maximum atomic E-state index is 13.4. The minimum Gasteiger partial charge on any atom is -0.369 e. The standard InChI is InChI=1S/C24H29N5OS/c1-16-20-22(26-12-9-19-8-4-5-11-25-19)27-15-28-23(20)31-21(16)24(30)29-13-10-17-6-2-3-7-18(17)14-29/h4-5,8,11,15,17-18H,2-3,6-7,9-10,12-14H2,1H3,(H,26,27,28)/t17-,18-/m0/s1. The number of carbonyl (C=O) groups excluding carboxylic acids is 1. The third-order valence-electron chi connectivity index (χ3n) is 6.90. The molecule has 6 nitrogen and oxygen atoms in total. The van der Waals surface area contributed by atoms with Gasteiger partial charge in [0.2, 0.25) is 0 Å². The third-order valence-corrected chi connectivity index (χ3v) is 8.09. The molecule has 1 saturated carbocycles. The van der Waals surface area contributed by atoms with Crippen LogP contribution in [0.15, 0.2) is 30.7 Å². The second-order valence-corrected chi connectivity index (χ2v) is 9.80. The molecular formula is C24H29N5OS. The van der Waals surface area contributed by atoms with Gasteiger partial charge in [0.25, 0.3) is 5.91 Å². The maximum absolute atomic E-state index is 13.4. The highest BCUT2D eigenvalue weighted by Gasteiger charge is 2.34. The molecule has 5 rings (SSSR count). The minimum absolute atomic E-state index is 0.170. The first-order chi connectivity index (χ1) is 15.2. The van der Waals surface area contributed by atoms with Crippen LogP contribution in [0.3, 0.4) is 0 Å². The zero-order valence-corrected chi connectivity index (χ0v) is 18.8. The number of amides is 1. The summed E-state index contributed by atoms with van der Waals surface area (Å²) in [6.45, 7) is 4.57. The Bertz CT molecular complexity index is 1070.